The number of rotatable bonds is 7. The molecule has 1 unspecified atom stereocenters. The van der Waals surface area contributed by atoms with Crippen molar-refractivity contribution in [1.82, 2.24) is 0 Å². The molecule has 2 N–H and O–H groups in total. The first-order valence-electron chi connectivity index (χ1n) is 11.8. The van der Waals surface area contributed by atoms with Crippen molar-refractivity contribution in [2.75, 3.05) is 5.32 Å². The van der Waals surface area contributed by atoms with Crippen LogP contribution in [0.15, 0.2) is 60.7 Å². The molecule has 0 radical (unpaired) electrons. The van der Waals surface area contributed by atoms with Crippen LogP contribution in [0.4, 0.5) is 42.1 Å². The van der Waals surface area contributed by atoms with Gasteiger partial charge in [-0.1, -0.05) is 45.9 Å². The number of anilines is 2. The van der Waals surface area contributed by atoms with Crippen molar-refractivity contribution < 1.29 is 40.6 Å². The van der Waals surface area contributed by atoms with Crippen molar-refractivity contribution in [2.24, 2.45) is 5.92 Å². The molecule has 0 bridgehead atoms. The molecule has 1 atom stereocenters. The Labute approximate surface area is 216 Å². The van der Waals surface area contributed by atoms with Crippen LogP contribution in [0.1, 0.15) is 56.7 Å². The lowest BCUT2D eigenvalue weighted by atomic mass is 9.88. The van der Waals surface area contributed by atoms with E-state index in [0.29, 0.717) is 17.2 Å². The number of nitrogens with one attached hydrogen (secondary N) is 1. The summed E-state index contributed by atoms with van der Waals surface area (Å²) in [6.45, 7) is 7.62. The van der Waals surface area contributed by atoms with Crippen LogP contribution in [-0.2, 0) is 17.1 Å². The van der Waals surface area contributed by atoms with Crippen molar-refractivity contribution in [3.05, 3.63) is 83.2 Å². The monoisotopic (exact) mass is 543 g/mol. The summed E-state index contributed by atoms with van der Waals surface area (Å²) in [6.07, 6.45) is -9.22. The molecule has 0 amide bonds. The molecular formula is C28H28F7NO2. The van der Waals surface area contributed by atoms with E-state index < -0.39 is 46.9 Å². The van der Waals surface area contributed by atoms with Gasteiger partial charge in [0, 0.05) is 5.69 Å². The van der Waals surface area contributed by atoms with Crippen molar-refractivity contribution in [1.29, 1.82) is 0 Å². The second-order valence-electron chi connectivity index (χ2n) is 8.75. The van der Waals surface area contributed by atoms with Gasteiger partial charge in [0.2, 0.25) is 0 Å². The number of halogens is 7. The molecule has 3 rings (SSSR count). The van der Waals surface area contributed by atoms with Gasteiger partial charge in [0.25, 0.3) is 0 Å². The first-order chi connectivity index (χ1) is 17.6. The fourth-order valence-corrected chi connectivity index (χ4v) is 3.81. The van der Waals surface area contributed by atoms with Gasteiger partial charge in [-0.25, -0.2) is 4.39 Å². The van der Waals surface area contributed by atoms with E-state index in [1.165, 1.54) is 30.3 Å². The average molecular weight is 544 g/mol. The minimum Gasteiger partial charge on any atom is -0.481 e. The highest BCUT2D eigenvalue weighted by Gasteiger charge is 2.34. The van der Waals surface area contributed by atoms with Crippen molar-refractivity contribution in [3.8, 4) is 11.1 Å². The van der Waals surface area contributed by atoms with Gasteiger partial charge in [-0.2, -0.15) is 26.3 Å². The van der Waals surface area contributed by atoms with Gasteiger partial charge in [0.1, 0.15) is 5.82 Å². The van der Waals surface area contributed by atoms with Crippen molar-refractivity contribution in [2.45, 2.75) is 52.4 Å². The summed E-state index contributed by atoms with van der Waals surface area (Å²) in [5, 5.41) is 12.4. The lowest BCUT2D eigenvalue weighted by Gasteiger charge is -2.20. The second-order valence-corrected chi connectivity index (χ2v) is 8.75. The van der Waals surface area contributed by atoms with Crippen LogP contribution in [0, 0.1) is 11.7 Å². The highest BCUT2D eigenvalue weighted by molar-refractivity contribution is 5.80. The molecule has 3 aromatic carbocycles. The van der Waals surface area contributed by atoms with E-state index >= 15 is 0 Å². The maximum Gasteiger partial charge on any atom is 0.418 e. The zero-order valence-electron chi connectivity index (χ0n) is 21.1. The molecular weight excluding hydrogens is 515 g/mol. The second kappa shape index (κ2) is 12.3. The van der Waals surface area contributed by atoms with Gasteiger partial charge in [-0.15, -0.1) is 0 Å². The molecule has 0 fully saturated rings. The largest absolute Gasteiger partial charge is 0.481 e. The topological polar surface area (TPSA) is 49.3 Å². The molecule has 0 saturated carbocycles. The highest BCUT2D eigenvalue weighted by Crippen LogP contribution is 2.39. The minimum absolute atomic E-state index is 0.0360. The Kier molecular flexibility index (Phi) is 9.94. The number of carbonyl (C=O) groups is 1. The van der Waals surface area contributed by atoms with Gasteiger partial charge >= 0.3 is 18.3 Å². The van der Waals surface area contributed by atoms with E-state index in [2.05, 4.69) is 5.32 Å². The van der Waals surface area contributed by atoms with E-state index in [1.807, 2.05) is 27.7 Å². The molecule has 38 heavy (non-hydrogen) atoms. The molecule has 0 aliphatic rings. The number of carboxylic acids is 1. The third-order valence-electron chi connectivity index (χ3n) is 5.47. The number of carboxylic acid groups (broad SMARTS) is 1. The lowest BCUT2D eigenvalue weighted by Crippen LogP contribution is -2.15. The smallest absolute Gasteiger partial charge is 0.418 e. The van der Waals surface area contributed by atoms with Crippen LogP contribution in [0.3, 0.4) is 0 Å². The van der Waals surface area contributed by atoms with Crippen LogP contribution in [-0.4, -0.2) is 11.1 Å². The molecule has 0 heterocycles. The molecule has 3 nitrogen and oxygen atoms in total. The van der Waals surface area contributed by atoms with Gasteiger partial charge < -0.3 is 10.4 Å². The van der Waals surface area contributed by atoms with Crippen molar-refractivity contribution >= 4 is 17.3 Å². The van der Waals surface area contributed by atoms with E-state index in [0.717, 1.165) is 24.3 Å². The number of aliphatic carboxylic acids is 1. The Morgan fingerprint density at radius 1 is 0.842 bits per heavy atom. The van der Waals surface area contributed by atoms with Crippen LogP contribution < -0.4 is 5.32 Å². The summed E-state index contributed by atoms with van der Waals surface area (Å²) in [6, 6.07) is 10.5. The number of hydrogen-bond donors (Lipinski definition) is 2. The number of alkyl halides is 6. The zero-order chi connectivity index (χ0) is 28.8. The third kappa shape index (κ3) is 7.97. The fourth-order valence-electron chi connectivity index (χ4n) is 3.81. The molecule has 10 heteroatoms. The van der Waals surface area contributed by atoms with Crippen LogP contribution in [0.5, 0.6) is 0 Å². The predicted octanol–water partition coefficient (Wildman–Crippen LogP) is 9.51. The molecule has 206 valence electrons. The normalized spacial score (nSPS) is 12.5. The fraction of sp³-hybridized carbons (Fsp3) is 0.321. The SMILES string of the molecule is CC.CC(C)CC(C(=O)O)c1cc(Nc2ccc(F)cc2C(F)(F)F)cc(-c2ccc(C(F)(F)F)cc2)c1. The van der Waals surface area contributed by atoms with Crippen LogP contribution in [0.25, 0.3) is 11.1 Å². The standard InChI is InChI=1S/C26H22F7NO2.C2H6/c1-14(2)9-21(24(35)36)17-10-16(15-3-5-18(6-4-15)25(28,29)30)11-20(12-17)34-23-8-7-19(27)13-22(23)26(31,32)33;1-2/h3-8,10-14,21,34H,9H2,1-2H3,(H,35,36);1-2H3. The number of benzene rings is 3. The quantitative estimate of drug-likeness (QED) is 0.292. The Morgan fingerprint density at radius 2 is 1.45 bits per heavy atom. The maximum absolute atomic E-state index is 13.5. The van der Waals surface area contributed by atoms with Gasteiger partial charge in [-0.05, 0) is 71.5 Å². The third-order valence-corrected chi connectivity index (χ3v) is 5.47. The van der Waals surface area contributed by atoms with E-state index in [-0.39, 0.29) is 23.6 Å². The summed E-state index contributed by atoms with van der Waals surface area (Å²) >= 11 is 0. The Hall–Kier alpha value is -3.56. The Balaban J connectivity index is 0.00000247. The van der Waals surface area contributed by atoms with E-state index in [4.69, 9.17) is 0 Å². The summed E-state index contributed by atoms with van der Waals surface area (Å²) in [4.78, 5) is 12.0. The maximum atomic E-state index is 13.5. The Morgan fingerprint density at radius 3 is 1.95 bits per heavy atom. The van der Waals surface area contributed by atoms with Crippen LogP contribution in [0.2, 0.25) is 0 Å². The Bertz CT molecular complexity index is 1230. The number of hydrogen-bond acceptors (Lipinski definition) is 2. The van der Waals surface area contributed by atoms with E-state index in [1.54, 1.807) is 0 Å². The predicted molar refractivity (Wildman–Crippen MR) is 133 cm³/mol. The molecule has 0 aliphatic carbocycles. The molecule has 0 aromatic heterocycles. The first-order valence-corrected chi connectivity index (χ1v) is 11.8. The van der Waals surface area contributed by atoms with Crippen molar-refractivity contribution in [3.63, 3.8) is 0 Å². The highest BCUT2D eigenvalue weighted by atomic mass is 19.4. The molecule has 3 aromatic rings. The molecule has 0 aliphatic heterocycles. The van der Waals surface area contributed by atoms with Crippen LogP contribution >= 0.6 is 0 Å². The van der Waals surface area contributed by atoms with Gasteiger partial charge in [-0.3, -0.25) is 4.79 Å². The lowest BCUT2D eigenvalue weighted by molar-refractivity contribution is -0.139. The zero-order valence-corrected chi connectivity index (χ0v) is 21.1. The summed E-state index contributed by atoms with van der Waals surface area (Å²) in [5.41, 5.74) is -1.69. The van der Waals surface area contributed by atoms with E-state index in [9.17, 15) is 40.6 Å². The van der Waals surface area contributed by atoms with Gasteiger partial charge in [0.05, 0.1) is 22.7 Å². The summed E-state index contributed by atoms with van der Waals surface area (Å²) < 4.78 is 92.9. The molecule has 0 saturated heterocycles. The minimum atomic E-state index is -4.88. The average Bonchev–Trinajstić information content (AvgIpc) is 2.83. The van der Waals surface area contributed by atoms with Gasteiger partial charge in [0.15, 0.2) is 0 Å². The molecule has 0 spiro atoms. The summed E-state index contributed by atoms with van der Waals surface area (Å²) in [5.74, 6) is -3.30. The summed E-state index contributed by atoms with van der Waals surface area (Å²) in [7, 11) is 0. The first kappa shape index (κ1) is 30.7.